The Hall–Kier alpha value is -1.13. The molecule has 102 valence electrons. The average molecular weight is 275 g/mol. The smallest absolute Gasteiger partial charge is 0.227 e. The van der Waals surface area contributed by atoms with Gasteiger partial charge in [0.1, 0.15) is 5.82 Å². The van der Waals surface area contributed by atoms with E-state index in [1.807, 2.05) is 13.8 Å². The summed E-state index contributed by atoms with van der Waals surface area (Å²) in [6.07, 6.45) is 0. The van der Waals surface area contributed by atoms with Crippen molar-refractivity contribution in [1.82, 2.24) is 5.32 Å². The zero-order valence-corrected chi connectivity index (χ0v) is 11.7. The Morgan fingerprint density at radius 1 is 1.50 bits per heavy atom. The summed E-state index contributed by atoms with van der Waals surface area (Å²) in [5, 5.41) is 2.75. The summed E-state index contributed by atoms with van der Waals surface area (Å²) in [7, 11) is 0. The summed E-state index contributed by atoms with van der Waals surface area (Å²) >= 11 is 0. The van der Waals surface area contributed by atoms with Gasteiger partial charge in [-0.15, -0.1) is 12.4 Å². The lowest BCUT2D eigenvalue weighted by Gasteiger charge is -2.20. The minimum Gasteiger partial charge on any atom is -0.354 e. The first kappa shape index (κ1) is 16.9. The maximum atomic E-state index is 13.0. The molecule has 0 saturated carbocycles. The van der Waals surface area contributed by atoms with Gasteiger partial charge in [0.15, 0.2) is 0 Å². The van der Waals surface area contributed by atoms with Crippen molar-refractivity contribution < 1.29 is 9.18 Å². The third-order valence-corrected chi connectivity index (χ3v) is 2.46. The van der Waals surface area contributed by atoms with Gasteiger partial charge in [-0.2, -0.15) is 0 Å². The number of halogens is 2. The van der Waals surface area contributed by atoms with E-state index in [4.69, 9.17) is 5.73 Å². The zero-order chi connectivity index (χ0) is 13.1. The Bertz CT molecular complexity index is 404. The number of nitrogens with two attached hydrogens (primary N) is 1. The number of carbonyl (C=O) groups excluding carboxylic acids is 1. The Balaban J connectivity index is 0.00000289. The van der Waals surface area contributed by atoms with Crippen LogP contribution in [-0.4, -0.2) is 18.0 Å². The lowest BCUT2D eigenvalue weighted by Crippen LogP contribution is -2.46. The van der Waals surface area contributed by atoms with Crippen molar-refractivity contribution in [2.75, 3.05) is 6.54 Å². The van der Waals surface area contributed by atoms with Crippen molar-refractivity contribution in [1.29, 1.82) is 0 Å². The number of benzene rings is 1. The van der Waals surface area contributed by atoms with Crippen LogP contribution < -0.4 is 11.1 Å². The molecule has 0 bridgehead atoms. The highest BCUT2D eigenvalue weighted by molar-refractivity contribution is 5.85. The molecule has 0 aromatic heterocycles. The molecule has 0 aliphatic rings. The van der Waals surface area contributed by atoms with Crippen LogP contribution in [0.4, 0.5) is 4.39 Å². The lowest BCUT2D eigenvalue weighted by molar-refractivity contribution is -0.122. The summed E-state index contributed by atoms with van der Waals surface area (Å²) in [5.74, 6) is -0.858. The van der Waals surface area contributed by atoms with Crippen LogP contribution >= 0.6 is 12.4 Å². The van der Waals surface area contributed by atoms with Crippen LogP contribution in [0.3, 0.4) is 0 Å². The van der Waals surface area contributed by atoms with Gasteiger partial charge in [-0.05, 0) is 38.5 Å². The van der Waals surface area contributed by atoms with Crippen molar-refractivity contribution in [3.8, 4) is 0 Å². The van der Waals surface area contributed by atoms with Crippen LogP contribution in [0, 0.1) is 5.82 Å². The Labute approximate surface area is 113 Å². The molecule has 3 nitrogen and oxygen atoms in total. The number of carbonyl (C=O) groups is 1. The first-order valence-electron chi connectivity index (χ1n) is 5.61. The van der Waals surface area contributed by atoms with Gasteiger partial charge >= 0.3 is 0 Å². The predicted octanol–water partition coefficient (Wildman–Crippen LogP) is 2.20. The molecule has 5 heteroatoms. The standard InChI is InChI=1S/C13H19FN2O.ClH/c1-9(10-5-4-6-11(14)7-10)12(17)16-8-13(2,3)15;/h4-7,9H,8,15H2,1-3H3,(H,16,17);1H. The second-order valence-electron chi connectivity index (χ2n) is 4.98. The molecule has 0 aliphatic carbocycles. The minimum absolute atomic E-state index is 0. The van der Waals surface area contributed by atoms with E-state index in [2.05, 4.69) is 5.32 Å². The number of hydrogen-bond acceptors (Lipinski definition) is 2. The Kier molecular flexibility index (Phi) is 6.29. The summed E-state index contributed by atoms with van der Waals surface area (Å²) in [6, 6.07) is 6.07. The molecule has 0 fully saturated rings. The number of hydrogen-bond donors (Lipinski definition) is 2. The number of rotatable bonds is 4. The van der Waals surface area contributed by atoms with Crippen LogP contribution in [0.2, 0.25) is 0 Å². The van der Waals surface area contributed by atoms with Gasteiger partial charge in [0.2, 0.25) is 5.91 Å². The highest BCUT2D eigenvalue weighted by atomic mass is 35.5. The van der Waals surface area contributed by atoms with E-state index >= 15 is 0 Å². The molecule has 0 radical (unpaired) electrons. The molecular weight excluding hydrogens is 255 g/mol. The number of amides is 1. The topological polar surface area (TPSA) is 55.1 Å². The summed E-state index contributed by atoms with van der Waals surface area (Å²) in [5.41, 5.74) is 5.99. The molecule has 3 N–H and O–H groups in total. The predicted molar refractivity (Wildman–Crippen MR) is 73.3 cm³/mol. The van der Waals surface area contributed by atoms with Gasteiger partial charge in [0.05, 0.1) is 5.92 Å². The Morgan fingerprint density at radius 2 is 2.11 bits per heavy atom. The van der Waals surface area contributed by atoms with Crippen molar-refractivity contribution in [2.24, 2.45) is 5.73 Å². The summed E-state index contributed by atoms with van der Waals surface area (Å²) in [6.45, 7) is 5.80. The summed E-state index contributed by atoms with van der Waals surface area (Å²) < 4.78 is 13.0. The van der Waals surface area contributed by atoms with Gasteiger partial charge in [0, 0.05) is 12.1 Å². The second kappa shape index (κ2) is 6.71. The fourth-order valence-corrected chi connectivity index (χ4v) is 1.40. The first-order valence-corrected chi connectivity index (χ1v) is 5.61. The largest absolute Gasteiger partial charge is 0.354 e. The first-order chi connectivity index (χ1) is 7.79. The normalized spacial score (nSPS) is 12.5. The van der Waals surface area contributed by atoms with Gasteiger partial charge < -0.3 is 11.1 Å². The Morgan fingerprint density at radius 3 is 2.61 bits per heavy atom. The van der Waals surface area contributed by atoms with E-state index in [9.17, 15) is 9.18 Å². The van der Waals surface area contributed by atoms with Gasteiger partial charge in [0.25, 0.3) is 0 Å². The number of nitrogens with one attached hydrogen (secondary N) is 1. The van der Waals surface area contributed by atoms with E-state index in [0.29, 0.717) is 12.1 Å². The van der Waals surface area contributed by atoms with Crippen LogP contribution in [-0.2, 0) is 4.79 Å². The molecule has 0 aliphatic heterocycles. The van der Waals surface area contributed by atoms with Crippen LogP contribution in [0.5, 0.6) is 0 Å². The average Bonchev–Trinajstić information content (AvgIpc) is 2.24. The van der Waals surface area contributed by atoms with E-state index < -0.39 is 5.54 Å². The molecule has 18 heavy (non-hydrogen) atoms. The molecule has 1 aromatic rings. The molecule has 1 rings (SSSR count). The fraction of sp³-hybridized carbons (Fsp3) is 0.462. The van der Waals surface area contributed by atoms with Crippen LogP contribution in [0.15, 0.2) is 24.3 Å². The van der Waals surface area contributed by atoms with E-state index in [1.165, 1.54) is 12.1 Å². The monoisotopic (exact) mass is 274 g/mol. The van der Waals surface area contributed by atoms with Gasteiger partial charge in [-0.25, -0.2) is 4.39 Å². The second-order valence-corrected chi connectivity index (χ2v) is 4.98. The van der Waals surface area contributed by atoms with Gasteiger partial charge in [-0.3, -0.25) is 4.79 Å². The molecule has 0 saturated heterocycles. The lowest BCUT2D eigenvalue weighted by atomic mass is 9.99. The zero-order valence-electron chi connectivity index (χ0n) is 10.9. The molecular formula is C13H20ClFN2O. The van der Waals surface area contributed by atoms with Crippen molar-refractivity contribution in [3.05, 3.63) is 35.6 Å². The molecule has 1 atom stereocenters. The maximum absolute atomic E-state index is 13.0. The highest BCUT2D eigenvalue weighted by Gasteiger charge is 2.18. The van der Waals surface area contributed by atoms with Crippen molar-refractivity contribution >= 4 is 18.3 Å². The highest BCUT2D eigenvalue weighted by Crippen LogP contribution is 2.16. The van der Waals surface area contributed by atoms with Crippen molar-refractivity contribution in [3.63, 3.8) is 0 Å². The van der Waals surface area contributed by atoms with E-state index in [-0.39, 0.29) is 30.0 Å². The third-order valence-electron chi connectivity index (χ3n) is 2.46. The van der Waals surface area contributed by atoms with E-state index in [1.54, 1.807) is 19.1 Å². The molecule has 0 heterocycles. The molecule has 0 spiro atoms. The minimum atomic E-state index is -0.447. The quantitative estimate of drug-likeness (QED) is 0.884. The molecule has 1 amide bonds. The van der Waals surface area contributed by atoms with Crippen LogP contribution in [0.1, 0.15) is 32.3 Å². The van der Waals surface area contributed by atoms with Crippen molar-refractivity contribution in [2.45, 2.75) is 32.2 Å². The maximum Gasteiger partial charge on any atom is 0.227 e. The van der Waals surface area contributed by atoms with E-state index in [0.717, 1.165) is 0 Å². The van der Waals surface area contributed by atoms with Crippen LogP contribution in [0.25, 0.3) is 0 Å². The molecule has 1 unspecified atom stereocenters. The van der Waals surface area contributed by atoms with Gasteiger partial charge in [-0.1, -0.05) is 12.1 Å². The molecule has 1 aromatic carbocycles. The fourth-order valence-electron chi connectivity index (χ4n) is 1.40. The summed E-state index contributed by atoms with van der Waals surface area (Å²) in [4.78, 5) is 11.8. The third kappa shape index (κ3) is 5.47. The SMILES string of the molecule is CC(C(=O)NCC(C)(C)N)c1cccc(F)c1.Cl.